The molecule has 1 unspecified atom stereocenters. The highest BCUT2D eigenvalue weighted by Gasteiger charge is 2.28. The molecule has 0 saturated carbocycles. The summed E-state index contributed by atoms with van der Waals surface area (Å²) in [6.45, 7) is 4.13. The van der Waals surface area contributed by atoms with Crippen LogP contribution in [0.4, 0.5) is 0 Å². The summed E-state index contributed by atoms with van der Waals surface area (Å²) in [6.07, 6.45) is 0.379. The Morgan fingerprint density at radius 1 is 1.24 bits per heavy atom. The van der Waals surface area contributed by atoms with Crippen LogP contribution in [0.1, 0.15) is 17.7 Å². The first-order valence-electron chi connectivity index (χ1n) is 9.34. The molecular formula is C20H25N3O5S. The van der Waals surface area contributed by atoms with Gasteiger partial charge in [0.2, 0.25) is 15.9 Å². The van der Waals surface area contributed by atoms with Crippen LogP contribution < -0.4 is 15.0 Å². The van der Waals surface area contributed by atoms with Gasteiger partial charge < -0.3 is 14.2 Å². The number of benzene rings is 1. The molecule has 1 fully saturated rings. The van der Waals surface area contributed by atoms with Crippen molar-refractivity contribution in [2.45, 2.75) is 31.3 Å². The van der Waals surface area contributed by atoms with E-state index in [9.17, 15) is 18.0 Å². The van der Waals surface area contributed by atoms with E-state index in [-0.39, 0.29) is 29.0 Å². The van der Waals surface area contributed by atoms with Crippen LogP contribution in [-0.4, -0.2) is 49.5 Å². The first-order chi connectivity index (χ1) is 13.7. The number of ether oxygens (including phenoxy) is 1. The van der Waals surface area contributed by atoms with Crippen LogP contribution in [0, 0.1) is 13.8 Å². The van der Waals surface area contributed by atoms with Gasteiger partial charge in [-0.15, -0.1) is 0 Å². The predicted octanol–water partition coefficient (Wildman–Crippen LogP) is 0.960. The van der Waals surface area contributed by atoms with Crippen LogP contribution in [0.2, 0.25) is 0 Å². The lowest BCUT2D eigenvalue weighted by molar-refractivity contribution is -0.129. The minimum absolute atomic E-state index is 0.133. The van der Waals surface area contributed by atoms with Crippen molar-refractivity contribution in [3.63, 3.8) is 0 Å². The third-order valence-corrected chi connectivity index (χ3v) is 6.39. The van der Waals surface area contributed by atoms with Crippen LogP contribution in [0.5, 0.6) is 5.75 Å². The Labute approximate surface area is 170 Å². The molecule has 0 spiro atoms. The summed E-state index contributed by atoms with van der Waals surface area (Å²) in [5.41, 5.74) is 1.45. The van der Waals surface area contributed by atoms with Gasteiger partial charge >= 0.3 is 0 Å². The average Bonchev–Trinajstić information content (AvgIpc) is 3.13. The maximum atomic E-state index is 12.4. The second kappa shape index (κ2) is 8.38. The zero-order valence-electron chi connectivity index (χ0n) is 16.7. The molecule has 29 heavy (non-hydrogen) atoms. The van der Waals surface area contributed by atoms with Crippen molar-refractivity contribution in [1.82, 2.24) is 14.2 Å². The quantitative estimate of drug-likeness (QED) is 0.752. The van der Waals surface area contributed by atoms with Gasteiger partial charge in [-0.3, -0.25) is 9.59 Å². The van der Waals surface area contributed by atoms with Gasteiger partial charge in [0.1, 0.15) is 11.9 Å². The second-order valence-corrected chi connectivity index (χ2v) is 9.01. The molecule has 0 bridgehead atoms. The van der Waals surface area contributed by atoms with E-state index in [0.29, 0.717) is 25.3 Å². The fraction of sp³-hybridized carbons (Fsp3) is 0.400. The number of amides is 1. The number of carbonyl (C=O) groups excluding carboxylic acids is 1. The highest BCUT2D eigenvalue weighted by atomic mass is 32.2. The van der Waals surface area contributed by atoms with Crippen molar-refractivity contribution >= 4 is 15.9 Å². The normalized spacial score (nSPS) is 16.8. The summed E-state index contributed by atoms with van der Waals surface area (Å²) in [4.78, 5) is 26.0. The van der Waals surface area contributed by atoms with E-state index in [2.05, 4.69) is 4.72 Å². The van der Waals surface area contributed by atoms with Crippen LogP contribution >= 0.6 is 0 Å². The maximum Gasteiger partial charge on any atom is 0.254 e. The molecular weight excluding hydrogens is 394 g/mol. The molecule has 1 aromatic carbocycles. The summed E-state index contributed by atoms with van der Waals surface area (Å²) in [5.74, 6) is 0.164. The van der Waals surface area contributed by atoms with Gasteiger partial charge in [-0.05, 0) is 37.6 Å². The lowest BCUT2D eigenvalue weighted by Gasteiger charge is -2.18. The third-order valence-electron chi connectivity index (χ3n) is 4.99. The van der Waals surface area contributed by atoms with Gasteiger partial charge in [0.05, 0.1) is 18.0 Å². The Bertz CT molecular complexity index is 1080. The van der Waals surface area contributed by atoms with E-state index in [4.69, 9.17) is 4.74 Å². The van der Waals surface area contributed by atoms with E-state index in [1.54, 1.807) is 43.1 Å². The summed E-state index contributed by atoms with van der Waals surface area (Å²) < 4.78 is 34.5. The highest BCUT2D eigenvalue weighted by Crippen LogP contribution is 2.18. The van der Waals surface area contributed by atoms with Crippen molar-refractivity contribution in [2.75, 3.05) is 19.6 Å². The molecule has 9 heteroatoms. The first-order valence-corrected chi connectivity index (χ1v) is 10.8. The highest BCUT2D eigenvalue weighted by molar-refractivity contribution is 7.89. The number of aryl methyl sites for hydroxylation is 2. The van der Waals surface area contributed by atoms with Gasteiger partial charge in [0, 0.05) is 31.8 Å². The first kappa shape index (κ1) is 21.1. The molecule has 3 rings (SSSR count). The zero-order chi connectivity index (χ0) is 21.2. The van der Waals surface area contributed by atoms with E-state index in [0.717, 1.165) is 11.3 Å². The SMILES string of the molecule is Cc1cccc(S(=O)(=O)NCC(=O)N2CCC(Oc3cc(C)n(C)c(=O)c3)C2)c1. The second-order valence-electron chi connectivity index (χ2n) is 7.24. The largest absolute Gasteiger partial charge is 0.488 e. The Morgan fingerprint density at radius 2 is 2.00 bits per heavy atom. The number of aromatic nitrogens is 1. The standard InChI is InChI=1S/C20H25N3O5S/c1-14-5-4-6-18(9-14)29(26,27)21-12-20(25)23-8-7-16(13-23)28-17-10-15(2)22(3)19(24)11-17/h4-6,9-11,16,21H,7-8,12-13H2,1-3H3. The van der Waals surface area contributed by atoms with E-state index >= 15 is 0 Å². The number of pyridine rings is 1. The molecule has 1 saturated heterocycles. The van der Waals surface area contributed by atoms with Crippen LogP contribution in [0.3, 0.4) is 0 Å². The number of nitrogens with zero attached hydrogens (tertiary/aromatic N) is 2. The van der Waals surface area contributed by atoms with Crippen LogP contribution in [0.15, 0.2) is 46.1 Å². The minimum Gasteiger partial charge on any atom is -0.488 e. The Morgan fingerprint density at radius 3 is 2.69 bits per heavy atom. The number of sulfonamides is 1. The van der Waals surface area contributed by atoms with E-state index in [1.807, 2.05) is 6.92 Å². The van der Waals surface area contributed by atoms with Gasteiger partial charge in [-0.25, -0.2) is 13.1 Å². The van der Waals surface area contributed by atoms with Gasteiger partial charge in [0.25, 0.3) is 5.56 Å². The number of carbonyl (C=O) groups is 1. The molecule has 8 nitrogen and oxygen atoms in total. The van der Waals surface area contributed by atoms with Gasteiger partial charge in [0.15, 0.2) is 0 Å². The van der Waals surface area contributed by atoms with Crippen molar-refractivity contribution in [1.29, 1.82) is 0 Å². The summed E-state index contributed by atoms with van der Waals surface area (Å²) in [7, 11) is -2.06. The van der Waals surface area contributed by atoms with Crippen molar-refractivity contribution in [3.8, 4) is 5.75 Å². The number of likely N-dealkylation sites (tertiary alicyclic amines) is 1. The molecule has 1 aliphatic heterocycles. The number of nitrogens with one attached hydrogen (secondary N) is 1. The molecule has 2 heterocycles. The van der Waals surface area contributed by atoms with Crippen molar-refractivity contribution < 1.29 is 17.9 Å². The smallest absolute Gasteiger partial charge is 0.254 e. The zero-order valence-corrected chi connectivity index (χ0v) is 17.5. The van der Waals surface area contributed by atoms with Crippen LogP contribution in [-0.2, 0) is 21.9 Å². The molecule has 1 N–H and O–H groups in total. The van der Waals surface area contributed by atoms with Gasteiger partial charge in [-0.1, -0.05) is 12.1 Å². The van der Waals surface area contributed by atoms with E-state index in [1.165, 1.54) is 16.7 Å². The van der Waals surface area contributed by atoms with Gasteiger partial charge in [-0.2, -0.15) is 0 Å². The molecule has 1 amide bonds. The van der Waals surface area contributed by atoms with Crippen LogP contribution in [0.25, 0.3) is 0 Å². The number of hydrogen-bond donors (Lipinski definition) is 1. The molecule has 0 radical (unpaired) electrons. The summed E-state index contributed by atoms with van der Waals surface area (Å²) >= 11 is 0. The third kappa shape index (κ3) is 5.04. The number of hydrogen-bond acceptors (Lipinski definition) is 5. The maximum absolute atomic E-state index is 12.4. The Hall–Kier alpha value is -2.65. The topological polar surface area (TPSA) is 97.7 Å². The Kier molecular flexibility index (Phi) is 6.09. The fourth-order valence-electron chi connectivity index (χ4n) is 3.18. The van der Waals surface area contributed by atoms with Crippen molar-refractivity contribution in [2.24, 2.45) is 7.05 Å². The fourth-order valence-corrected chi connectivity index (χ4v) is 4.26. The molecule has 1 aliphatic rings. The number of rotatable bonds is 6. The molecule has 2 aromatic rings. The molecule has 1 aromatic heterocycles. The molecule has 1 atom stereocenters. The predicted molar refractivity (Wildman–Crippen MR) is 108 cm³/mol. The monoisotopic (exact) mass is 419 g/mol. The average molecular weight is 420 g/mol. The summed E-state index contributed by atoms with van der Waals surface area (Å²) in [6, 6.07) is 9.71. The molecule has 156 valence electrons. The van der Waals surface area contributed by atoms with E-state index < -0.39 is 10.0 Å². The molecule has 0 aliphatic carbocycles. The summed E-state index contributed by atoms with van der Waals surface area (Å²) in [5, 5.41) is 0. The van der Waals surface area contributed by atoms with Crippen molar-refractivity contribution in [3.05, 3.63) is 58.0 Å². The lowest BCUT2D eigenvalue weighted by Crippen LogP contribution is -2.39. The Balaban J connectivity index is 1.56. The minimum atomic E-state index is -3.75. The lowest BCUT2D eigenvalue weighted by atomic mass is 10.2.